The zero-order valence-electron chi connectivity index (χ0n) is 12.9. The van der Waals surface area contributed by atoms with Crippen molar-refractivity contribution in [3.63, 3.8) is 0 Å². The Morgan fingerprint density at radius 3 is 2.10 bits per heavy atom. The molecule has 0 spiro atoms. The smallest absolute Gasteiger partial charge is 0.0740 e. The summed E-state index contributed by atoms with van der Waals surface area (Å²) in [6, 6.07) is 11.4. The second-order valence-electron chi connectivity index (χ2n) is 6.01. The molecule has 0 aliphatic rings. The van der Waals surface area contributed by atoms with Gasteiger partial charge >= 0.3 is 0 Å². The lowest BCUT2D eigenvalue weighted by molar-refractivity contribution is 0.821. The monoisotopic (exact) mass is 350 g/mol. The van der Waals surface area contributed by atoms with Crippen LogP contribution in [-0.4, -0.2) is 0 Å². The highest BCUT2D eigenvalue weighted by atomic mass is 79.9. The zero-order chi connectivity index (χ0) is 14.9. The minimum Gasteiger partial charge on any atom is -0.144 e. The summed E-state index contributed by atoms with van der Waals surface area (Å²) in [4.78, 5) is 3.07. The van der Waals surface area contributed by atoms with Gasteiger partial charge in [0.05, 0.1) is 4.83 Å². The predicted molar refractivity (Wildman–Crippen MR) is 94.4 cm³/mol. The third-order valence-corrected chi connectivity index (χ3v) is 6.04. The average Bonchev–Trinajstić information content (AvgIpc) is 2.83. The van der Waals surface area contributed by atoms with Crippen molar-refractivity contribution in [3.8, 4) is 0 Å². The van der Waals surface area contributed by atoms with Crippen molar-refractivity contribution in [2.75, 3.05) is 0 Å². The van der Waals surface area contributed by atoms with E-state index in [1.165, 1.54) is 26.4 Å². The van der Waals surface area contributed by atoms with Crippen LogP contribution in [0.2, 0.25) is 0 Å². The topological polar surface area (TPSA) is 0 Å². The van der Waals surface area contributed by atoms with Crippen LogP contribution in [0.3, 0.4) is 0 Å². The summed E-state index contributed by atoms with van der Waals surface area (Å²) < 4.78 is 0. The van der Waals surface area contributed by atoms with E-state index in [1.54, 1.807) is 0 Å². The first-order chi connectivity index (χ1) is 9.40. The van der Waals surface area contributed by atoms with Crippen LogP contribution < -0.4 is 0 Å². The van der Waals surface area contributed by atoms with Crippen LogP contribution in [0.15, 0.2) is 30.3 Å². The van der Waals surface area contributed by atoms with E-state index in [2.05, 4.69) is 80.9 Å². The first-order valence-corrected chi connectivity index (χ1v) is 8.97. The van der Waals surface area contributed by atoms with E-state index in [-0.39, 0.29) is 0 Å². The first kappa shape index (κ1) is 15.8. The lowest BCUT2D eigenvalue weighted by atomic mass is 9.90. The molecule has 1 unspecified atom stereocenters. The maximum atomic E-state index is 3.90. The molecule has 0 fully saturated rings. The number of alkyl halides is 1. The second kappa shape index (κ2) is 6.44. The van der Waals surface area contributed by atoms with Gasteiger partial charge in [-0.15, -0.1) is 11.3 Å². The number of benzene rings is 1. The predicted octanol–water partition coefficient (Wildman–Crippen LogP) is 6.79. The van der Waals surface area contributed by atoms with Crippen molar-refractivity contribution < 1.29 is 0 Å². The molecule has 0 aliphatic heterocycles. The Kier molecular flexibility index (Phi) is 5.09. The average molecular weight is 351 g/mol. The Balaban J connectivity index is 2.45. The van der Waals surface area contributed by atoms with E-state index in [0.29, 0.717) is 16.7 Å². The molecule has 0 saturated carbocycles. The number of thiophene rings is 1. The molecule has 2 aromatic rings. The summed E-state index contributed by atoms with van der Waals surface area (Å²) in [6.45, 7) is 11.2. The molecular formula is C18H23BrS. The molecule has 20 heavy (non-hydrogen) atoms. The number of aryl methyl sites for hydroxylation is 1. The molecule has 0 N–H and O–H groups in total. The summed E-state index contributed by atoms with van der Waals surface area (Å²) in [5, 5.41) is 0. The molecule has 0 bridgehead atoms. The van der Waals surface area contributed by atoms with Crippen LogP contribution in [0.4, 0.5) is 0 Å². The van der Waals surface area contributed by atoms with Crippen LogP contribution in [0.25, 0.3) is 0 Å². The molecule has 0 amide bonds. The summed E-state index contributed by atoms with van der Waals surface area (Å²) in [5.41, 5.74) is 4.30. The van der Waals surface area contributed by atoms with Gasteiger partial charge in [0.2, 0.25) is 0 Å². The molecule has 1 aromatic carbocycles. The number of hydrogen-bond acceptors (Lipinski definition) is 1. The van der Waals surface area contributed by atoms with Gasteiger partial charge in [-0.25, -0.2) is 0 Å². The zero-order valence-corrected chi connectivity index (χ0v) is 15.3. The van der Waals surface area contributed by atoms with Crippen molar-refractivity contribution in [1.82, 2.24) is 0 Å². The molecule has 0 nitrogen and oxygen atoms in total. The maximum absolute atomic E-state index is 3.90. The molecule has 0 radical (unpaired) electrons. The van der Waals surface area contributed by atoms with Crippen LogP contribution in [0.5, 0.6) is 0 Å². The molecular weight excluding hydrogens is 328 g/mol. The molecule has 1 atom stereocenters. The minimum absolute atomic E-state index is 0.305. The van der Waals surface area contributed by atoms with E-state index in [9.17, 15) is 0 Å². The lowest BCUT2D eigenvalue weighted by Gasteiger charge is -2.19. The van der Waals surface area contributed by atoms with Crippen molar-refractivity contribution >= 4 is 27.3 Å². The van der Waals surface area contributed by atoms with Crippen molar-refractivity contribution in [2.45, 2.75) is 51.3 Å². The van der Waals surface area contributed by atoms with Gasteiger partial charge in [0, 0.05) is 9.75 Å². The Hall–Kier alpha value is -0.600. The fourth-order valence-corrected chi connectivity index (χ4v) is 4.15. The molecule has 1 heterocycles. The highest BCUT2D eigenvalue weighted by molar-refractivity contribution is 9.09. The van der Waals surface area contributed by atoms with Crippen LogP contribution in [0.1, 0.15) is 70.8 Å². The second-order valence-corrected chi connectivity index (χ2v) is 8.24. The normalized spacial score (nSPS) is 13.2. The van der Waals surface area contributed by atoms with Gasteiger partial charge in [0.15, 0.2) is 0 Å². The van der Waals surface area contributed by atoms with E-state index in [4.69, 9.17) is 0 Å². The molecule has 0 aliphatic carbocycles. The van der Waals surface area contributed by atoms with Gasteiger partial charge in [0.1, 0.15) is 0 Å². The van der Waals surface area contributed by atoms with Gasteiger partial charge in [0.25, 0.3) is 0 Å². The summed E-state index contributed by atoms with van der Waals surface area (Å²) in [6.07, 6.45) is 0. The van der Waals surface area contributed by atoms with Crippen molar-refractivity contribution in [3.05, 3.63) is 56.8 Å². The van der Waals surface area contributed by atoms with Crippen LogP contribution in [-0.2, 0) is 0 Å². The molecule has 108 valence electrons. The third-order valence-electron chi connectivity index (χ3n) is 3.68. The summed E-state index contributed by atoms with van der Waals surface area (Å²) in [7, 11) is 0. The lowest BCUT2D eigenvalue weighted by Crippen LogP contribution is -2.01. The highest BCUT2D eigenvalue weighted by Crippen LogP contribution is 2.39. The fraction of sp³-hybridized carbons (Fsp3) is 0.444. The fourth-order valence-electron chi connectivity index (χ4n) is 2.43. The van der Waals surface area contributed by atoms with Crippen LogP contribution in [0, 0.1) is 6.92 Å². The van der Waals surface area contributed by atoms with Gasteiger partial charge < -0.3 is 0 Å². The van der Waals surface area contributed by atoms with E-state index < -0.39 is 0 Å². The van der Waals surface area contributed by atoms with E-state index in [1.807, 2.05) is 11.3 Å². The highest BCUT2D eigenvalue weighted by Gasteiger charge is 2.18. The quantitative estimate of drug-likeness (QED) is 0.532. The van der Waals surface area contributed by atoms with E-state index in [0.717, 1.165) is 0 Å². The molecule has 2 rings (SSSR count). The summed E-state index contributed by atoms with van der Waals surface area (Å²) >= 11 is 5.77. The van der Waals surface area contributed by atoms with Crippen molar-refractivity contribution in [2.24, 2.45) is 0 Å². The Labute approximate surface area is 135 Å². The third kappa shape index (κ3) is 3.35. The number of hydrogen-bond donors (Lipinski definition) is 0. The molecule has 1 aromatic heterocycles. The Morgan fingerprint density at radius 2 is 1.60 bits per heavy atom. The van der Waals surface area contributed by atoms with E-state index >= 15 is 0 Å². The SMILES string of the molecule is Cc1ccc(C(Br)c2ccc(C(C)C)cc2C(C)C)s1. The van der Waals surface area contributed by atoms with Gasteiger partial charge in [-0.3, -0.25) is 0 Å². The maximum Gasteiger partial charge on any atom is 0.0740 e. The number of halogens is 1. The standard InChI is InChI=1S/C18H23BrS/c1-11(2)14-7-8-15(16(10-14)12(3)4)18(19)17-9-6-13(5)20-17/h6-12,18H,1-5H3. The molecule has 0 saturated heterocycles. The van der Waals surface area contributed by atoms with Gasteiger partial charge in [-0.1, -0.05) is 61.8 Å². The Morgan fingerprint density at radius 1 is 0.900 bits per heavy atom. The van der Waals surface area contributed by atoms with Gasteiger partial charge in [-0.2, -0.15) is 0 Å². The minimum atomic E-state index is 0.305. The first-order valence-electron chi connectivity index (χ1n) is 7.24. The van der Waals surface area contributed by atoms with Crippen molar-refractivity contribution in [1.29, 1.82) is 0 Å². The molecule has 2 heteroatoms. The van der Waals surface area contributed by atoms with Gasteiger partial charge in [-0.05, 0) is 47.6 Å². The van der Waals surface area contributed by atoms with Crippen LogP contribution >= 0.6 is 27.3 Å². The largest absolute Gasteiger partial charge is 0.144 e. The summed E-state index contributed by atoms with van der Waals surface area (Å²) in [5.74, 6) is 1.13. The number of rotatable bonds is 4. The Bertz CT molecular complexity index is 581.